The Labute approximate surface area is 81.7 Å². The Morgan fingerprint density at radius 3 is 1.38 bits per heavy atom. The molecule has 1 aliphatic carbocycles. The molecule has 0 aromatic rings. The van der Waals surface area contributed by atoms with Crippen molar-refractivity contribution in [3.63, 3.8) is 0 Å². The average molecular weight is 259 g/mol. The highest BCUT2D eigenvalue weighted by Gasteiger charge is 2.84. The minimum Gasteiger partial charge on any atom is -0.288 e. The summed E-state index contributed by atoms with van der Waals surface area (Å²) in [5.74, 6) is -31.4. The number of rotatable bonds is 0. The van der Waals surface area contributed by atoms with Gasteiger partial charge in [-0.05, 0) is 0 Å². The summed E-state index contributed by atoms with van der Waals surface area (Å²) in [5, 5.41) is 0. The smallest absolute Gasteiger partial charge is 0.288 e. The summed E-state index contributed by atoms with van der Waals surface area (Å²) >= 11 is 0. The summed E-state index contributed by atoms with van der Waals surface area (Å²) in [6.07, 6.45) is 0. The molecule has 0 radical (unpaired) electrons. The van der Waals surface area contributed by atoms with Crippen molar-refractivity contribution >= 4 is 0 Å². The molecule has 2 N–H and O–H groups in total. The van der Waals surface area contributed by atoms with E-state index in [1.165, 1.54) is 0 Å². The van der Waals surface area contributed by atoms with Gasteiger partial charge in [0.2, 0.25) is 11.7 Å². The maximum absolute atomic E-state index is 12.7. The number of nitrogens with two attached hydrogens (primary N) is 1. The molecule has 1 nitrogen and oxygen atoms in total. The predicted molar refractivity (Wildman–Crippen MR) is 32.1 cm³/mol. The summed E-state index contributed by atoms with van der Waals surface area (Å²) in [5.41, 5.74) is 3.67. The Balaban J connectivity index is 3.64. The van der Waals surface area contributed by atoms with Crippen LogP contribution in [-0.4, -0.2) is 23.6 Å². The summed E-state index contributed by atoms with van der Waals surface area (Å²) in [4.78, 5) is 0. The van der Waals surface area contributed by atoms with Crippen LogP contribution in [0.2, 0.25) is 0 Å². The first-order valence-corrected chi connectivity index (χ1v) is 3.49. The van der Waals surface area contributed by atoms with E-state index in [-0.39, 0.29) is 0 Å². The molecule has 1 aliphatic rings. The van der Waals surface area contributed by atoms with E-state index in [9.17, 15) is 39.5 Å². The Hall–Kier alpha value is -0.930. The van der Waals surface area contributed by atoms with Crippen LogP contribution in [0.4, 0.5) is 39.5 Å². The van der Waals surface area contributed by atoms with Crippen LogP contribution < -0.4 is 5.73 Å². The van der Waals surface area contributed by atoms with Crippen molar-refractivity contribution in [2.75, 3.05) is 0 Å². The zero-order valence-electron chi connectivity index (χ0n) is 6.98. The molecule has 0 aliphatic heterocycles. The fourth-order valence-corrected chi connectivity index (χ4v) is 0.999. The van der Waals surface area contributed by atoms with E-state index >= 15 is 0 Å². The fraction of sp³-hybridized carbons (Fsp3) is 0.667. The van der Waals surface area contributed by atoms with Gasteiger partial charge in [-0.25, -0.2) is 13.2 Å². The largest absolute Gasteiger partial charge is 0.369 e. The molecule has 16 heavy (non-hydrogen) atoms. The van der Waals surface area contributed by atoms with Gasteiger partial charge in [0.15, 0.2) is 0 Å². The van der Waals surface area contributed by atoms with Gasteiger partial charge in [-0.3, -0.25) is 5.73 Å². The second kappa shape index (κ2) is 2.84. The van der Waals surface area contributed by atoms with Gasteiger partial charge >= 0.3 is 17.8 Å². The van der Waals surface area contributed by atoms with Gasteiger partial charge in [0, 0.05) is 0 Å². The molecule has 1 unspecified atom stereocenters. The topological polar surface area (TPSA) is 26.0 Å². The third kappa shape index (κ3) is 1.08. The van der Waals surface area contributed by atoms with Crippen molar-refractivity contribution in [1.29, 1.82) is 0 Å². The second-order valence-electron chi connectivity index (χ2n) is 3.06. The molecule has 0 bridgehead atoms. The van der Waals surface area contributed by atoms with Crippen molar-refractivity contribution in [1.82, 2.24) is 0 Å². The highest BCUT2D eigenvalue weighted by atomic mass is 19.3. The molecule has 1 rings (SSSR count). The van der Waals surface area contributed by atoms with Crippen molar-refractivity contribution < 1.29 is 39.5 Å². The van der Waals surface area contributed by atoms with E-state index in [1.807, 2.05) is 0 Å². The van der Waals surface area contributed by atoms with Crippen LogP contribution in [0.1, 0.15) is 0 Å². The summed E-state index contributed by atoms with van der Waals surface area (Å²) < 4.78 is 112. The van der Waals surface area contributed by atoms with Gasteiger partial charge in [-0.15, -0.1) is 0 Å². The third-order valence-corrected chi connectivity index (χ3v) is 2.05. The minimum absolute atomic E-state index is 3.64. The Morgan fingerprint density at radius 2 is 1.00 bits per heavy atom. The van der Waals surface area contributed by atoms with Crippen LogP contribution in [0.15, 0.2) is 11.7 Å². The number of halogens is 9. The summed E-state index contributed by atoms with van der Waals surface area (Å²) in [6.45, 7) is 0. The van der Waals surface area contributed by atoms with Gasteiger partial charge in [-0.1, -0.05) is 0 Å². The lowest BCUT2D eigenvalue weighted by atomic mass is 9.87. The van der Waals surface area contributed by atoms with Gasteiger partial charge in [0.05, 0.1) is 0 Å². The molecule has 0 spiro atoms. The van der Waals surface area contributed by atoms with Crippen LogP contribution in [0, 0.1) is 0 Å². The van der Waals surface area contributed by atoms with Crippen molar-refractivity contribution in [2.24, 2.45) is 5.73 Å². The third-order valence-electron chi connectivity index (χ3n) is 2.05. The number of hydrogen-bond acceptors (Lipinski definition) is 1. The first-order valence-electron chi connectivity index (χ1n) is 3.49. The standard InChI is InChI=1S/C6H2F9N/c7-1-2(8)4(11,12)6(15,16)5(13,14)3(1,9)10/h16H2. The molecule has 0 fully saturated rings. The minimum atomic E-state index is -6.29. The monoisotopic (exact) mass is 259 g/mol. The highest BCUT2D eigenvalue weighted by molar-refractivity contribution is 5.32. The molecule has 0 aromatic carbocycles. The lowest BCUT2D eigenvalue weighted by Gasteiger charge is -2.41. The summed E-state index contributed by atoms with van der Waals surface area (Å²) in [7, 11) is 0. The van der Waals surface area contributed by atoms with Crippen molar-refractivity contribution in [3.05, 3.63) is 11.7 Å². The number of alkyl halides is 7. The maximum Gasteiger partial charge on any atom is 0.369 e. The molecule has 0 saturated carbocycles. The van der Waals surface area contributed by atoms with Crippen LogP contribution in [0.5, 0.6) is 0 Å². The van der Waals surface area contributed by atoms with E-state index in [0.29, 0.717) is 0 Å². The number of hydrogen-bond donors (Lipinski definition) is 1. The van der Waals surface area contributed by atoms with Gasteiger partial charge < -0.3 is 0 Å². The van der Waals surface area contributed by atoms with E-state index in [4.69, 9.17) is 0 Å². The molecule has 10 heteroatoms. The molecule has 0 amide bonds. The van der Waals surface area contributed by atoms with E-state index in [0.717, 1.165) is 0 Å². The molecular weight excluding hydrogens is 257 g/mol. The van der Waals surface area contributed by atoms with Crippen LogP contribution in [-0.2, 0) is 0 Å². The Kier molecular flexibility index (Phi) is 2.34. The second-order valence-corrected chi connectivity index (χ2v) is 3.06. The highest BCUT2D eigenvalue weighted by Crippen LogP contribution is 2.59. The van der Waals surface area contributed by atoms with E-state index < -0.39 is 35.2 Å². The SMILES string of the molecule is NC1(F)C(F)(F)C(F)=C(F)C(F)(F)C1(F)F. The quantitative estimate of drug-likeness (QED) is 0.525. The van der Waals surface area contributed by atoms with Gasteiger partial charge in [0.25, 0.3) is 5.79 Å². The zero-order valence-corrected chi connectivity index (χ0v) is 6.98. The number of allylic oxidation sites excluding steroid dienone is 1. The van der Waals surface area contributed by atoms with Gasteiger partial charge in [0.1, 0.15) is 0 Å². The molecule has 0 heterocycles. The normalized spacial score (nSPS) is 36.4. The molecule has 0 saturated heterocycles. The van der Waals surface area contributed by atoms with Gasteiger partial charge in [-0.2, -0.15) is 26.3 Å². The van der Waals surface area contributed by atoms with E-state index in [1.54, 1.807) is 0 Å². The summed E-state index contributed by atoms with van der Waals surface area (Å²) in [6, 6.07) is 0. The Morgan fingerprint density at radius 1 is 0.688 bits per heavy atom. The van der Waals surface area contributed by atoms with Crippen LogP contribution in [0.25, 0.3) is 0 Å². The van der Waals surface area contributed by atoms with Crippen LogP contribution in [0.3, 0.4) is 0 Å². The lowest BCUT2D eigenvalue weighted by molar-refractivity contribution is -0.322. The molecule has 1 atom stereocenters. The van der Waals surface area contributed by atoms with Crippen LogP contribution >= 0.6 is 0 Å². The average Bonchev–Trinajstić information content (AvgIpc) is 2.12. The Bertz CT molecular complexity index is 321. The molecule has 0 aromatic heterocycles. The molecular formula is C6H2F9N. The first kappa shape index (κ1) is 13.1. The fourth-order valence-electron chi connectivity index (χ4n) is 0.999. The zero-order chi connectivity index (χ0) is 13.2. The maximum atomic E-state index is 12.7. The predicted octanol–water partition coefficient (Wildman–Crippen LogP) is 2.68. The molecule has 94 valence electrons. The lowest BCUT2D eigenvalue weighted by Crippen LogP contribution is -2.72. The van der Waals surface area contributed by atoms with Crippen molar-refractivity contribution in [2.45, 2.75) is 23.6 Å². The van der Waals surface area contributed by atoms with Crippen molar-refractivity contribution in [3.8, 4) is 0 Å². The van der Waals surface area contributed by atoms with E-state index in [2.05, 4.69) is 5.73 Å². The first-order chi connectivity index (χ1) is 6.82.